The number of thioether (sulfide) groups is 1. The Morgan fingerprint density at radius 1 is 1.05 bits per heavy atom. The molecule has 3 N–H and O–H groups in total. The van der Waals surface area contributed by atoms with Gasteiger partial charge in [0.25, 0.3) is 5.91 Å². The lowest BCUT2D eigenvalue weighted by atomic mass is 10.0. The number of aromatic nitrogens is 2. The number of ether oxygens (including phenoxy) is 1. The first kappa shape index (κ1) is 29.6. The lowest BCUT2D eigenvalue weighted by Crippen LogP contribution is -2.61. The lowest BCUT2D eigenvalue weighted by molar-refractivity contribution is -0.143. The molecule has 2 aromatic rings. The second kappa shape index (κ2) is 11.4. The number of fused-ring (bicyclic) bond motifs is 1. The SMILES string of the molecule is CCOC(=O)c1cc2n(n1)CCN(C(=O)[C@@](N)(CCSCC)Nc1cc(C(F)(F)F)cc(C(F)(F)F)c1)C2. The minimum absolute atomic E-state index is 0.00502. The van der Waals surface area contributed by atoms with Crippen LogP contribution in [0.3, 0.4) is 0 Å². The van der Waals surface area contributed by atoms with Crippen molar-refractivity contribution in [1.29, 1.82) is 0 Å². The summed E-state index contributed by atoms with van der Waals surface area (Å²) < 4.78 is 86.7. The summed E-state index contributed by atoms with van der Waals surface area (Å²) in [7, 11) is 0. The molecule has 0 radical (unpaired) electrons. The zero-order valence-electron chi connectivity index (χ0n) is 20.6. The van der Waals surface area contributed by atoms with Crippen molar-refractivity contribution in [2.75, 3.05) is 30.0 Å². The normalized spacial score (nSPS) is 15.6. The third-order valence-corrected chi connectivity index (χ3v) is 6.65. The van der Waals surface area contributed by atoms with Crippen LogP contribution in [0.15, 0.2) is 24.3 Å². The molecular formula is C23H27F6N5O3S. The van der Waals surface area contributed by atoms with Gasteiger partial charge in [0.05, 0.1) is 36.5 Å². The average Bonchev–Trinajstić information content (AvgIpc) is 3.26. The number of rotatable bonds is 9. The van der Waals surface area contributed by atoms with Crippen molar-refractivity contribution >= 4 is 29.3 Å². The lowest BCUT2D eigenvalue weighted by Gasteiger charge is -2.37. The molecule has 0 saturated heterocycles. The van der Waals surface area contributed by atoms with Crippen LogP contribution in [-0.4, -0.2) is 56.9 Å². The molecule has 8 nitrogen and oxygen atoms in total. The van der Waals surface area contributed by atoms with Gasteiger partial charge in [0.1, 0.15) is 0 Å². The fraction of sp³-hybridized carbons (Fsp3) is 0.522. The highest BCUT2D eigenvalue weighted by Gasteiger charge is 2.41. The van der Waals surface area contributed by atoms with Gasteiger partial charge >= 0.3 is 18.3 Å². The van der Waals surface area contributed by atoms with E-state index in [1.807, 2.05) is 6.92 Å². The first-order valence-electron chi connectivity index (χ1n) is 11.7. The molecule has 1 aliphatic heterocycles. The predicted molar refractivity (Wildman–Crippen MR) is 128 cm³/mol. The molecule has 1 amide bonds. The van der Waals surface area contributed by atoms with E-state index in [0.29, 0.717) is 29.3 Å². The molecule has 0 saturated carbocycles. The van der Waals surface area contributed by atoms with Crippen LogP contribution in [0.25, 0.3) is 0 Å². The van der Waals surface area contributed by atoms with Gasteiger partial charge in [-0.3, -0.25) is 9.48 Å². The van der Waals surface area contributed by atoms with E-state index in [9.17, 15) is 35.9 Å². The summed E-state index contributed by atoms with van der Waals surface area (Å²) in [6, 6.07) is 2.45. The van der Waals surface area contributed by atoms with Gasteiger partial charge in [-0.05, 0) is 42.7 Å². The maximum atomic E-state index is 13.6. The molecule has 0 spiro atoms. The van der Waals surface area contributed by atoms with Gasteiger partial charge in [-0.25, -0.2) is 4.79 Å². The van der Waals surface area contributed by atoms with E-state index >= 15 is 0 Å². The van der Waals surface area contributed by atoms with E-state index in [1.165, 1.54) is 27.4 Å². The van der Waals surface area contributed by atoms with Crippen LogP contribution in [0.5, 0.6) is 0 Å². The average molecular weight is 568 g/mol. The Hall–Kier alpha value is -2.94. The molecule has 210 valence electrons. The summed E-state index contributed by atoms with van der Waals surface area (Å²) in [4.78, 5) is 26.9. The number of nitrogens with one attached hydrogen (secondary N) is 1. The molecule has 1 atom stereocenters. The van der Waals surface area contributed by atoms with Crippen molar-refractivity contribution in [2.24, 2.45) is 5.73 Å². The summed E-state index contributed by atoms with van der Waals surface area (Å²) in [6.07, 6.45) is -10.2. The second-order valence-electron chi connectivity index (χ2n) is 8.53. The number of nitrogens with two attached hydrogens (primary N) is 1. The fourth-order valence-corrected chi connectivity index (χ4v) is 4.67. The Bertz CT molecular complexity index is 1140. The molecule has 3 rings (SSSR count). The number of carbonyl (C=O) groups excluding carboxylic acids is 2. The molecule has 0 bridgehead atoms. The summed E-state index contributed by atoms with van der Waals surface area (Å²) in [5.41, 5.74) is 1.30. The Morgan fingerprint density at radius 3 is 2.24 bits per heavy atom. The maximum absolute atomic E-state index is 13.6. The van der Waals surface area contributed by atoms with Crippen molar-refractivity contribution in [1.82, 2.24) is 14.7 Å². The summed E-state index contributed by atoms with van der Waals surface area (Å²) in [6.45, 7) is 3.92. The maximum Gasteiger partial charge on any atom is 0.416 e. The van der Waals surface area contributed by atoms with Crippen molar-refractivity contribution in [2.45, 2.75) is 51.4 Å². The fourth-order valence-electron chi connectivity index (χ4n) is 3.91. The Kier molecular flexibility index (Phi) is 8.91. The van der Waals surface area contributed by atoms with Gasteiger partial charge in [-0.2, -0.15) is 43.2 Å². The molecule has 2 heterocycles. The molecule has 15 heteroatoms. The number of anilines is 1. The Labute approximate surface area is 218 Å². The van der Waals surface area contributed by atoms with Crippen LogP contribution in [-0.2, 0) is 35.0 Å². The summed E-state index contributed by atoms with van der Waals surface area (Å²) in [5.74, 6) is -0.379. The number of nitrogens with zero attached hydrogens (tertiary/aromatic N) is 3. The third kappa shape index (κ3) is 6.92. The number of benzene rings is 1. The molecule has 1 aromatic heterocycles. The molecule has 0 unspecified atom stereocenters. The number of halogens is 6. The van der Waals surface area contributed by atoms with E-state index in [4.69, 9.17) is 10.5 Å². The number of esters is 1. The van der Waals surface area contributed by atoms with Gasteiger partial charge in [-0.15, -0.1) is 0 Å². The number of hydrogen-bond acceptors (Lipinski definition) is 7. The monoisotopic (exact) mass is 567 g/mol. The van der Waals surface area contributed by atoms with Gasteiger partial charge in [0.2, 0.25) is 0 Å². The Balaban J connectivity index is 1.92. The zero-order valence-corrected chi connectivity index (χ0v) is 21.4. The van der Waals surface area contributed by atoms with Gasteiger partial charge < -0.3 is 20.7 Å². The van der Waals surface area contributed by atoms with Crippen LogP contribution < -0.4 is 11.1 Å². The molecular weight excluding hydrogens is 540 g/mol. The largest absolute Gasteiger partial charge is 0.461 e. The molecule has 0 aliphatic carbocycles. The van der Waals surface area contributed by atoms with Crippen LogP contribution in [0.2, 0.25) is 0 Å². The molecule has 0 fully saturated rings. The molecule has 38 heavy (non-hydrogen) atoms. The van der Waals surface area contributed by atoms with E-state index < -0.39 is 46.7 Å². The minimum Gasteiger partial charge on any atom is -0.461 e. The van der Waals surface area contributed by atoms with E-state index in [1.54, 1.807) is 6.92 Å². The second-order valence-corrected chi connectivity index (χ2v) is 9.92. The molecule has 1 aliphatic rings. The summed E-state index contributed by atoms with van der Waals surface area (Å²) >= 11 is 1.41. The number of carbonyl (C=O) groups is 2. The van der Waals surface area contributed by atoms with Gasteiger partial charge in [0, 0.05) is 18.7 Å². The van der Waals surface area contributed by atoms with E-state index in [-0.39, 0.29) is 44.4 Å². The number of hydrogen-bond donors (Lipinski definition) is 2. The zero-order chi connectivity index (χ0) is 28.3. The number of amides is 1. The topological polar surface area (TPSA) is 102 Å². The highest BCUT2D eigenvalue weighted by atomic mass is 32.2. The van der Waals surface area contributed by atoms with E-state index in [0.717, 1.165) is 0 Å². The van der Waals surface area contributed by atoms with Gasteiger partial charge in [-0.1, -0.05) is 6.92 Å². The van der Waals surface area contributed by atoms with Crippen molar-refractivity contribution < 1.29 is 40.7 Å². The quantitative estimate of drug-likeness (QED) is 0.201. The van der Waals surface area contributed by atoms with Crippen LogP contribution in [0.1, 0.15) is 47.6 Å². The van der Waals surface area contributed by atoms with Crippen molar-refractivity contribution in [3.8, 4) is 0 Å². The van der Waals surface area contributed by atoms with Crippen LogP contribution in [0, 0.1) is 0 Å². The van der Waals surface area contributed by atoms with Crippen molar-refractivity contribution in [3.05, 3.63) is 46.8 Å². The third-order valence-electron chi connectivity index (χ3n) is 5.75. The Morgan fingerprint density at radius 2 is 1.68 bits per heavy atom. The number of alkyl halides is 6. The first-order chi connectivity index (χ1) is 17.7. The standard InChI is InChI=1S/C23H27F6N5O3S/c1-3-37-19(35)18-12-17-13-33(6-7-34(17)32-18)20(36)21(30,5-8-38-4-2)31-16-10-14(22(24,25)26)9-15(11-16)23(27,28)29/h9-12,31H,3-8,13,30H2,1-2H3/t21-/m1/s1. The van der Waals surface area contributed by atoms with Crippen LogP contribution in [0.4, 0.5) is 32.0 Å². The molecule has 1 aromatic carbocycles. The minimum atomic E-state index is -5.06. The van der Waals surface area contributed by atoms with E-state index in [2.05, 4.69) is 10.4 Å². The van der Waals surface area contributed by atoms with Gasteiger partial charge in [0.15, 0.2) is 11.4 Å². The van der Waals surface area contributed by atoms with Crippen molar-refractivity contribution in [3.63, 3.8) is 0 Å². The first-order valence-corrected chi connectivity index (χ1v) is 12.8. The smallest absolute Gasteiger partial charge is 0.416 e. The van der Waals surface area contributed by atoms with Crippen LogP contribution >= 0.6 is 11.8 Å². The highest BCUT2D eigenvalue weighted by Crippen LogP contribution is 2.38. The highest BCUT2D eigenvalue weighted by molar-refractivity contribution is 7.99. The predicted octanol–water partition coefficient (Wildman–Crippen LogP) is 4.35. The summed E-state index contributed by atoms with van der Waals surface area (Å²) in [5, 5.41) is 6.64.